The summed E-state index contributed by atoms with van der Waals surface area (Å²) in [5.74, 6) is 0. The van der Waals surface area contributed by atoms with Gasteiger partial charge in [0.2, 0.25) is 0 Å². The molecule has 0 aromatic carbocycles. The summed E-state index contributed by atoms with van der Waals surface area (Å²) in [4.78, 5) is 0. The Kier molecular flexibility index (Phi) is 2.95. The van der Waals surface area contributed by atoms with Gasteiger partial charge in [-0.25, -0.2) is 0 Å². The van der Waals surface area contributed by atoms with Crippen LogP contribution in [0.2, 0.25) is 0 Å². The summed E-state index contributed by atoms with van der Waals surface area (Å²) in [6.45, 7) is 0. The van der Waals surface area contributed by atoms with Crippen molar-refractivity contribution in [3.05, 3.63) is 24.0 Å². The van der Waals surface area contributed by atoms with Crippen LogP contribution < -0.4 is 0 Å². The van der Waals surface area contributed by atoms with Gasteiger partial charge >= 0.3 is 0 Å². The van der Waals surface area contributed by atoms with E-state index in [9.17, 15) is 0 Å². The number of hydrogen-bond donors (Lipinski definition) is 0. The molecule has 0 unspecified atom stereocenters. The van der Waals surface area contributed by atoms with Gasteiger partial charge in [0.1, 0.15) is 0 Å². The molecule has 78 valence electrons. The second-order valence-corrected chi connectivity index (χ2v) is 4.74. The van der Waals surface area contributed by atoms with E-state index < -0.39 is 0 Å². The molecule has 0 amide bonds. The standard InChI is InChI=1S/C13H20O/c1-14-11-12-6-9-13(10-12)7-4-2-3-5-8-13/h2-3,11H,4-10H2,1H3/b12-11+. The lowest BCUT2D eigenvalue weighted by Gasteiger charge is -2.26. The molecule has 0 bridgehead atoms. The van der Waals surface area contributed by atoms with E-state index in [1.54, 1.807) is 7.11 Å². The van der Waals surface area contributed by atoms with Crippen molar-refractivity contribution in [1.29, 1.82) is 0 Å². The maximum absolute atomic E-state index is 5.11. The van der Waals surface area contributed by atoms with Gasteiger partial charge in [-0.05, 0) is 55.9 Å². The van der Waals surface area contributed by atoms with Crippen LogP contribution in [-0.4, -0.2) is 7.11 Å². The van der Waals surface area contributed by atoms with Gasteiger partial charge in [-0.2, -0.15) is 0 Å². The van der Waals surface area contributed by atoms with Crippen LogP contribution in [0.25, 0.3) is 0 Å². The molecule has 1 nitrogen and oxygen atoms in total. The predicted octanol–water partition coefficient (Wildman–Crippen LogP) is 3.82. The maximum Gasteiger partial charge on any atom is 0.0816 e. The third kappa shape index (κ3) is 2.02. The van der Waals surface area contributed by atoms with Crippen LogP contribution in [-0.2, 0) is 4.74 Å². The molecule has 1 heteroatoms. The van der Waals surface area contributed by atoms with E-state index in [4.69, 9.17) is 4.74 Å². The smallest absolute Gasteiger partial charge is 0.0816 e. The number of hydrogen-bond acceptors (Lipinski definition) is 1. The number of allylic oxidation sites excluding steroid dienone is 3. The molecule has 0 N–H and O–H groups in total. The minimum atomic E-state index is 0.619. The second-order valence-electron chi connectivity index (χ2n) is 4.74. The van der Waals surface area contributed by atoms with Crippen LogP contribution in [0.5, 0.6) is 0 Å². The normalized spacial score (nSPS) is 28.2. The quantitative estimate of drug-likeness (QED) is 0.453. The molecule has 2 aliphatic carbocycles. The third-order valence-corrected chi connectivity index (χ3v) is 3.71. The first-order valence-corrected chi connectivity index (χ1v) is 5.70. The lowest BCUT2D eigenvalue weighted by Crippen LogP contribution is -2.14. The molecule has 0 saturated heterocycles. The molecule has 1 saturated carbocycles. The fourth-order valence-corrected chi connectivity index (χ4v) is 2.92. The van der Waals surface area contributed by atoms with Gasteiger partial charge in [-0.3, -0.25) is 0 Å². The summed E-state index contributed by atoms with van der Waals surface area (Å²) in [6.07, 6.45) is 15.9. The Hall–Kier alpha value is -0.720. The van der Waals surface area contributed by atoms with E-state index in [2.05, 4.69) is 12.2 Å². The highest BCUT2D eigenvalue weighted by Gasteiger charge is 2.35. The van der Waals surface area contributed by atoms with E-state index >= 15 is 0 Å². The zero-order valence-corrected chi connectivity index (χ0v) is 9.09. The average molecular weight is 192 g/mol. The van der Waals surface area contributed by atoms with E-state index in [-0.39, 0.29) is 0 Å². The first-order chi connectivity index (χ1) is 6.85. The predicted molar refractivity (Wildman–Crippen MR) is 59.0 cm³/mol. The summed E-state index contributed by atoms with van der Waals surface area (Å²) in [5, 5.41) is 0. The fourth-order valence-electron chi connectivity index (χ4n) is 2.92. The highest BCUT2D eigenvalue weighted by atomic mass is 16.5. The van der Waals surface area contributed by atoms with Gasteiger partial charge in [-0.1, -0.05) is 12.2 Å². The van der Waals surface area contributed by atoms with Crippen molar-refractivity contribution < 1.29 is 4.74 Å². The van der Waals surface area contributed by atoms with Crippen molar-refractivity contribution in [3.8, 4) is 0 Å². The summed E-state index contributed by atoms with van der Waals surface area (Å²) < 4.78 is 5.11. The molecule has 1 fully saturated rings. The Morgan fingerprint density at radius 3 is 2.57 bits per heavy atom. The van der Waals surface area contributed by atoms with E-state index in [1.165, 1.54) is 50.5 Å². The Morgan fingerprint density at radius 2 is 1.93 bits per heavy atom. The van der Waals surface area contributed by atoms with Crippen molar-refractivity contribution in [1.82, 2.24) is 0 Å². The van der Waals surface area contributed by atoms with Gasteiger partial charge in [0.15, 0.2) is 0 Å². The molecule has 2 rings (SSSR count). The molecule has 0 aromatic rings. The number of rotatable bonds is 1. The maximum atomic E-state index is 5.11. The first-order valence-electron chi connectivity index (χ1n) is 5.70. The number of methoxy groups -OCH3 is 1. The highest BCUT2D eigenvalue weighted by Crippen LogP contribution is 2.49. The van der Waals surface area contributed by atoms with Crippen LogP contribution in [0.15, 0.2) is 24.0 Å². The minimum absolute atomic E-state index is 0.619. The summed E-state index contributed by atoms with van der Waals surface area (Å²) in [6, 6.07) is 0. The summed E-state index contributed by atoms with van der Waals surface area (Å²) >= 11 is 0. The van der Waals surface area contributed by atoms with Crippen LogP contribution in [0, 0.1) is 5.41 Å². The molecule has 0 aliphatic heterocycles. The highest BCUT2D eigenvalue weighted by molar-refractivity contribution is 5.12. The van der Waals surface area contributed by atoms with Crippen molar-refractivity contribution in [2.45, 2.75) is 44.9 Å². The van der Waals surface area contributed by atoms with Gasteiger partial charge in [0.05, 0.1) is 13.4 Å². The van der Waals surface area contributed by atoms with Crippen molar-refractivity contribution >= 4 is 0 Å². The first kappa shape index (κ1) is 9.82. The summed E-state index contributed by atoms with van der Waals surface area (Å²) in [7, 11) is 1.76. The lowest BCUT2D eigenvalue weighted by atomic mass is 9.78. The van der Waals surface area contributed by atoms with Crippen LogP contribution in [0.4, 0.5) is 0 Å². The Balaban J connectivity index is 2.01. The molecule has 14 heavy (non-hydrogen) atoms. The van der Waals surface area contributed by atoms with Crippen LogP contribution >= 0.6 is 0 Å². The SMILES string of the molecule is CO/C=C1\CCC2(CCC=CCC2)C1. The largest absolute Gasteiger partial charge is 0.504 e. The van der Waals surface area contributed by atoms with Gasteiger partial charge < -0.3 is 4.74 Å². The van der Waals surface area contributed by atoms with Gasteiger partial charge in [0, 0.05) is 0 Å². The van der Waals surface area contributed by atoms with Crippen LogP contribution in [0.1, 0.15) is 44.9 Å². The average Bonchev–Trinajstić information content (AvgIpc) is 2.43. The van der Waals surface area contributed by atoms with Crippen molar-refractivity contribution in [3.63, 3.8) is 0 Å². The Morgan fingerprint density at radius 1 is 1.21 bits per heavy atom. The fraction of sp³-hybridized carbons (Fsp3) is 0.692. The van der Waals surface area contributed by atoms with Gasteiger partial charge in [0.25, 0.3) is 0 Å². The Labute approximate surface area is 86.8 Å². The molecular formula is C13H20O. The van der Waals surface area contributed by atoms with E-state index in [1.807, 2.05) is 6.26 Å². The minimum Gasteiger partial charge on any atom is -0.504 e. The molecule has 0 aromatic heterocycles. The number of ether oxygens (including phenoxy) is 1. The van der Waals surface area contributed by atoms with Crippen molar-refractivity contribution in [2.75, 3.05) is 7.11 Å². The Bertz CT molecular complexity index is 240. The monoisotopic (exact) mass is 192 g/mol. The third-order valence-electron chi connectivity index (χ3n) is 3.71. The molecule has 1 spiro atoms. The van der Waals surface area contributed by atoms with E-state index in [0.717, 1.165) is 0 Å². The second kappa shape index (κ2) is 4.20. The lowest BCUT2D eigenvalue weighted by molar-refractivity contribution is 0.261. The summed E-state index contributed by atoms with van der Waals surface area (Å²) in [5.41, 5.74) is 2.14. The van der Waals surface area contributed by atoms with Crippen molar-refractivity contribution in [2.24, 2.45) is 5.41 Å². The molecule has 0 radical (unpaired) electrons. The molecule has 0 atom stereocenters. The van der Waals surface area contributed by atoms with Crippen LogP contribution in [0.3, 0.4) is 0 Å². The zero-order chi connectivity index (χ0) is 9.86. The molecular weight excluding hydrogens is 172 g/mol. The zero-order valence-electron chi connectivity index (χ0n) is 9.09. The van der Waals surface area contributed by atoms with E-state index in [0.29, 0.717) is 5.41 Å². The van der Waals surface area contributed by atoms with Gasteiger partial charge in [-0.15, -0.1) is 0 Å². The molecule has 0 heterocycles. The molecule has 2 aliphatic rings. The topological polar surface area (TPSA) is 9.23 Å².